The monoisotopic (exact) mass is 456 g/mol. The minimum absolute atomic E-state index is 0.110. The van der Waals surface area contributed by atoms with Gasteiger partial charge in [-0.2, -0.15) is 0 Å². The lowest BCUT2D eigenvalue weighted by Crippen LogP contribution is -2.54. The van der Waals surface area contributed by atoms with Crippen LogP contribution in [0.5, 0.6) is 0 Å². The lowest BCUT2D eigenvalue weighted by Gasteiger charge is -2.39. The molecular formula is C26H24N4O4. The van der Waals surface area contributed by atoms with Crippen LogP contribution in [0.2, 0.25) is 0 Å². The Labute approximate surface area is 197 Å². The summed E-state index contributed by atoms with van der Waals surface area (Å²) in [5, 5.41) is 2.23. The lowest BCUT2D eigenvalue weighted by molar-refractivity contribution is -0.136. The molecule has 0 saturated carbocycles. The Morgan fingerprint density at radius 2 is 1.91 bits per heavy atom. The van der Waals surface area contributed by atoms with E-state index in [1.54, 1.807) is 12.1 Å². The molecule has 172 valence electrons. The summed E-state index contributed by atoms with van der Waals surface area (Å²) in [6, 6.07) is 8.21. The topological polar surface area (TPSA) is 99.7 Å². The van der Waals surface area contributed by atoms with Crippen molar-refractivity contribution in [1.29, 1.82) is 0 Å². The van der Waals surface area contributed by atoms with Gasteiger partial charge in [0.25, 0.3) is 11.8 Å². The Morgan fingerprint density at radius 1 is 1.09 bits per heavy atom. The van der Waals surface area contributed by atoms with Crippen LogP contribution in [0.1, 0.15) is 56.8 Å². The molecule has 2 saturated heterocycles. The summed E-state index contributed by atoms with van der Waals surface area (Å²) in [5.74, 6) is 1.15. The minimum atomic E-state index is -0.942. The molecule has 34 heavy (non-hydrogen) atoms. The molecule has 3 aliphatic rings. The molecule has 4 amide bonds. The smallest absolute Gasteiger partial charge is 0.262 e. The van der Waals surface area contributed by atoms with E-state index in [0.717, 1.165) is 42.1 Å². The average Bonchev–Trinajstić information content (AvgIpc) is 3.06. The van der Waals surface area contributed by atoms with Crippen LogP contribution >= 0.6 is 0 Å². The van der Waals surface area contributed by atoms with E-state index in [1.165, 1.54) is 0 Å². The number of rotatable bonds is 6. The maximum absolute atomic E-state index is 13.2. The largest absolute Gasteiger partial charge is 0.298 e. The zero-order chi connectivity index (χ0) is 23.8. The van der Waals surface area contributed by atoms with Crippen molar-refractivity contribution in [3.05, 3.63) is 64.5 Å². The third-order valence-electron chi connectivity index (χ3n) is 6.79. The molecule has 8 heteroatoms. The predicted molar refractivity (Wildman–Crippen MR) is 122 cm³/mol. The summed E-state index contributed by atoms with van der Waals surface area (Å²) in [6.07, 6.45) is 9.02. The van der Waals surface area contributed by atoms with Gasteiger partial charge in [0, 0.05) is 32.3 Å². The SMILES string of the molecule is C#Cc1ccc(CN2CC(CCc3cccc4c3C(=O)N(C3CCC(=O)NC3=O)C4=O)C2)cn1. The molecule has 0 spiro atoms. The molecule has 1 atom stereocenters. The first-order chi connectivity index (χ1) is 16.4. The Bertz CT molecular complexity index is 1220. The van der Waals surface area contributed by atoms with Crippen LogP contribution in [0.4, 0.5) is 0 Å². The normalized spacial score (nSPS) is 20.7. The van der Waals surface area contributed by atoms with Gasteiger partial charge >= 0.3 is 0 Å². The van der Waals surface area contributed by atoms with Crippen LogP contribution in [0.25, 0.3) is 0 Å². The molecule has 4 heterocycles. The van der Waals surface area contributed by atoms with Crippen LogP contribution in [-0.4, -0.2) is 57.5 Å². The van der Waals surface area contributed by atoms with Gasteiger partial charge in [-0.25, -0.2) is 4.98 Å². The Hall–Kier alpha value is -3.83. The third kappa shape index (κ3) is 3.99. The number of nitrogens with one attached hydrogen (secondary N) is 1. The fourth-order valence-electron chi connectivity index (χ4n) is 5.00. The van der Waals surface area contributed by atoms with E-state index >= 15 is 0 Å². The number of carbonyl (C=O) groups excluding carboxylic acids is 4. The number of nitrogens with zero attached hydrogens (tertiary/aromatic N) is 3. The number of fused-ring (bicyclic) bond motifs is 1. The highest BCUT2D eigenvalue weighted by molar-refractivity contribution is 6.24. The number of hydrogen-bond acceptors (Lipinski definition) is 6. The van der Waals surface area contributed by atoms with Gasteiger partial charge in [-0.1, -0.05) is 24.1 Å². The fraction of sp³-hybridized carbons (Fsp3) is 0.346. The van der Waals surface area contributed by atoms with Crippen molar-refractivity contribution in [2.75, 3.05) is 13.1 Å². The molecule has 2 fully saturated rings. The summed E-state index contributed by atoms with van der Waals surface area (Å²) in [4.78, 5) is 57.5. The molecule has 0 bridgehead atoms. The Balaban J connectivity index is 1.20. The van der Waals surface area contributed by atoms with Crippen LogP contribution in [0, 0.1) is 18.3 Å². The molecule has 0 radical (unpaired) electrons. The number of terminal acetylenes is 1. The van der Waals surface area contributed by atoms with E-state index in [-0.39, 0.29) is 18.7 Å². The molecule has 2 aromatic rings. The van der Waals surface area contributed by atoms with Crippen molar-refractivity contribution >= 4 is 23.6 Å². The summed E-state index contributed by atoms with van der Waals surface area (Å²) < 4.78 is 0. The van der Waals surface area contributed by atoms with Crippen molar-refractivity contribution in [3.8, 4) is 12.3 Å². The lowest BCUT2D eigenvalue weighted by atomic mass is 9.90. The first kappa shape index (κ1) is 22.0. The highest BCUT2D eigenvalue weighted by Gasteiger charge is 2.45. The number of benzene rings is 1. The highest BCUT2D eigenvalue weighted by Crippen LogP contribution is 2.32. The standard InChI is InChI=1S/C26H24N4O4/c1-2-19-9-7-16(12-27-19)13-29-14-17(15-29)6-8-18-4-3-5-20-23(18)26(34)30(25(20)33)21-10-11-22(31)28-24(21)32/h1,3-5,7,9,12,17,21H,6,8,10-11,13-15H2,(H,28,31,32). The Morgan fingerprint density at radius 3 is 2.62 bits per heavy atom. The van der Waals surface area contributed by atoms with E-state index in [9.17, 15) is 19.2 Å². The van der Waals surface area contributed by atoms with Gasteiger partial charge in [0.1, 0.15) is 11.7 Å². The molecule has 1 unspecified atom stereocenters. The molecule has 8 nitrogen and oxygen atoms in total. The number of imide groups is 2. The molecule has 1 aromatic carbocycles. The maximum Gasteiger partial charge on any atom is 0.262 e. The quantitative estimate of drug-likeness (QED) is 0.523. The summed E-state index contributed by atoms with van der Waals surface area (Å²) in [7, 11) is 0. The van der Waals surface area contributed by atoms with Gasteiger partial charge in [0.2, 0.25) is 11.8 Å². The maximum atomic E-state index is 13.2. The van der Waals surface area contributed by atoms with Gasteiger partial charge in [-0.15, -0.1) is 6.42 Å². The van der Waals surface area contributed by atoms with Crippen molar-refractivity contribution < 1.29 is 19.2 Å². The van der Waals surface area contributed by atoms with E-state index in [2.05, 4.69) is 21.1 Å². The number of likely N-dealkylation sites (tertiary alicyclic amines) is 1. The second-order valence-corrected chi connectivity index (χ2v) is 9.08. The number of aryl methyl sites for hydroxylation is 1. The van der Waals surface area contributed by atoms with Crippen molar-refractivity contribution in [3.63, 3.8) is 0 Å². The molecular weight excluding hydrogens is 432 g/mol. The second kappa shape index (κ2) is 8.84. The van der Waals surface area contributed by atoms with Crippen LogP contribution in [0.15, 0.2) is 36.5 Å². The van der Waals surface area contributed by atoms with Crippen molar-refractivity contribution in [2.45, 2.75) is 38.3 Å². The van der Waals surface area contributed by atoms with E-state index in [0.29, 0.717) is 29.2 Å². The van der Waals surface area contributed by atoms with Crippen molar-refractivity contribution in [2.24, 2.45) is 5.92 Å². The summed E-state index contributed by atoms with van der Waals surface area (Å²) in [6.45, 7) is 2.74. The average molecular weight is 457 g/mol. The summed E-state index contributed by atoms with van der Waals surface area (Å²) in [5.41, 5.74) is 3.32. The number of aromatic nitrogens is 1. The van der Waals surface area contributed by atoms with Crippen LogP contribution < -0.4 is 5.32 Å². The van der Waals surface area contributed by atoms with Crippen LogP contribution in [0.3, 0.4) is 0 Å². The number of hydrogen-bond donors (Lipinski definition) is 1. The van der Waals surface area contributed by atoms with E-state index < -0.39 is 23.8 Å². The molecule has 1 aromatic heterocycles. The number of piperidine rings is 1. The van der Waals surface area contributed by atoms with Crippen molar-refractivity contribution in [1.82, 2.24) is 20.1 Å². The van der Waals surface area contributed by atoms with Gasteiger partial charge in [-0.3, -0.25) is 34.3 Å². The molecule has 3 aliphatic heterocycles. The zero-order valence-corrected chi connectivity index (χ0v) is 18.6. The predicted octanol–water partition coefficient (Wildman–Crippen LogP) is 1.53. The van der Waals surface area contributed by atoms with Gasteiger partial charge < -0.3 is 0 Å². The van der Waals surface area contributed by atoms with Crippen LogP contribution in [-0.2, 0) is 22.6 Å². The number of carbonyl (C=O) groups is 4. The highest BCUT2D eigenvalue weighted by atomic mass is 16.2. The third-order valence-corrected chi connectivity index (χ3v) is 6.79. The zero-order valence-electron chi connectivity index (χ0n) is 18.6. The first-order valence-corrected chi connectivity index (χ1v) is 11.4. The molecule has 1 N–H and O–H groups in total. The molecule has 5 rings (SSSR count). The number of pyridine rings is 1. The number of amides is 4. The Kier molecular flexibility index (Phi) is 5.72. The van der Waals surface area contributed by atoms with Gasteiger partial charge in [0.15, 0.2) is 0 Å². The second-order valence-electron chi connectivity index (χ2n) is 9.08. The first-order valence-electron chi connectivity index (χ1n) is 11.4. The summed E-state index contributed by atoms with van der Waals surface area (Å²) >= 11 is 0. The fourth-order valence-corrected chi connectivity index (χ4v) is 5.00. The minimum Gasteiger partial charge on any atom is -0.298 e. The molecule has 0 aliphatic carbocycles. The van der Waals surface area contributed by atoms with E-state index in [4.69, 9.17) is 6.42 Å². The van der Waals surface area contributed by atoms with Gasteiger partial charge in [-0.05, 0) is 48.4 Å². The van der Waals surface area contributed by atoms with Gasteiger partial charge in [0.05, 0.1) is 11.1 Å². The van der Waals surface area contributed by atoms with E-state index in [1.807, 2.05) is 24.4 Å².